The average Bonchev–Trinajstić information content (AvgIpc) is 2.82. The van der Waals surface area contributed by atoms with Crippen molar-refractivity contribution in [3.63, 3.8) is 0 Å². The second kappa shape index (κ2) is 5.67. The first-order valence-electron chi connectivity index (χ1n) is 5.39. The number of carbonyl (C=O) groups excluding carboxylic acids is 1. The molecule has 0 unspecified atom stereocenters. The van der Waals surface area contributed by atoms with Crippen LogP contribution in [0.3, 0.4) is 0 Å². The summed E-state index contributed by atoms with van der Waals surface area (Å²) in [5, 5.41) is 8.62. The van der Waals surface area contributed by atoms with E-state index in [1.807, 2.05) is 30.3 Å². The second-order valence-electron chi connectivity index (χ2n) is 3.46. The molecule has 0 aliphatic rings. The van der Waals surface area contributed by atoms with Crippen LogP contribution in [0.5, 0.6) is 5.75 Å². The Balaban J connectivity index is 1.71. The maximum absolute atomic E-state index is 11.5. The Morgan fingerprint density at radius 1 is 1.39 bits per heavy atom. The molecule has 0 saturated carbocycles. The molecule has 1 heterocycles. The number of nitrogens with two attached hydrogens (primary N) is 1. The summed E-state index contributed by atoms with van der Waals surface area (Å²) in [6.07, 6.45) is 0. The molecule has 0 saturated heterocycles. The van der Waals surface area contributed by atoms with Gasteiger partial charge in [-0.3, -0.25) is 9.89 Å². The molecule has 1 amide bonds. The number of hydrogen-bond donors (Lipinski definition) is 3. The maximum atomic E-state index is 11.5. The predicted octanol–water partition coefficient (Wildman–Crippen LogP) is 0.196. The molecule has 2 rings (SSSR count). The van der Waals surface area contributed by atoms with Crippen LogP contribution in [0.4, 0.5) is 5.95 Å². The van der Waals surface area contributed by atoms with Gasteiger partial charge in [0.2, 0.25) is 11.8 Å². The number of aromatic nitrogens is 3. The van der Waals surface area contributed by atoms with Crippen molar-refractivity contribution in [2.75, 3.05) is 18.9 Å². The Labute approximate surface area is 103 Å². The van der Waals surface area contributed by atoms with Crippen molar-refractivity contribution in [3.05, 3.63) is 36.2 Å². The molecule has 0 aliphatic heterocycles. The van der Waals surface area contributed by atoms with Gasteiger partial charge < -0.3 is 15.8 Å². The van der Waals surface area contributed by atoms with E-state index in [-0.39, 0.29) is 17.7 Å². The highest BCUT2D eigenvalue weighted by atomic mass is 16.5. The van der Waals surface area contributed by atoms with Crippen molar-refractivity contribution >= 4 is 11.9 Å². The number of hydrogen-bond acceptors (Lipinski definition) is 5. The summed E-state index contributed by atoms with van der Waals surface area (Å²) in [7, 11) is 0. The van der Waals surface area contributed by atoms with Crippen LogP contribution >= 0.6 is 0 Å². The summed E-state index contributed by atoms with van der Waals surface area (Å²) in [5.41, 5.74) is 5.29. The Morgan fingerprint density at radius 3 is 2.83 bits per heavy atom. The van der Waals surface area contributed by atoms with Gasteiger partial charge in [0.05, 0.1) is 6.54 Å². The van der Waals surface area contributed by atoms with Gasteiger partial charge in [0.25, 0.3) is 5.91 Å². The molecule has 4 N–H and O–H groups in total. The van der Waals surface area contributed by atoms with Crippen LogP contribution in [-0.4, -0.2) is 34.2 Å². The molecule has 0 aliphatic carbocycles. The molecule has 0 bridgehead atoms. The Morgan fingerprint density at radius 2 is 2.17 bits per heavy atom. The molecular formula is C11H13N5O2. The van der Waals surface area contributed by atoms with Crippen LogP contribution in [0.25, 0.3) is 0 Å². The van der Waals surface area contributed by atoms with Crippen molar-refractivity contribution in [1.29, 1.82) is 0 Å². The van der Waals surface area contributed by atoms with Crippen LogP contribution in [0.15, 0.2) is 30.3 Å². The summed E-state index contributed by atoms with van der Waals surface area (Å²) in [6.45, 7) is 0.744. The van der Waals surface area contributed by atoms with Gasteiger partial charge in [0.1, 0.15) is 12.4 Å². The number of carbonyl (C=O) groups is 1. The van der Waals surface area contributed by atoms with E-state index < -0.39 is 0 Å². The zero-order chi connectivity index (χ0) is 12.8. The normalized spacial score (nSPS) is 10.0. The van der Waals surface area contributed by atoms with E-state index in [4.69, 9.17) is 10.5 Å². The predicted molar refractivity (Wildman–Crippen MR) is 65.1 cm³/mol. The van der Waals surface area contributed by atoms with Gasteiger partial charge in [0, 0.05) is 0 Å². The number of benzene rings is 1. The molecule has 0 radical (unpaired) electrons. The van der Waals surface area contributed by atoms with E-state index in [2.05, 4.69) is 20.5 Å². The van der Waals surface area contributed by atoms with Gasteiger partial charge in [-0.15, -0.1) is 5.10 Å². The van der Waals surface area contributed by atoms with Gasteiger partial charge in [0.15, 0.2) is 0 Å². The third-order valence-electron chi connectivity index (χ3n) is 2.12. The van der Waals surface area contributed by atoms with E-state index in [0.29, 0.717) is 13.2 Å². The van der Waals surface area contributed by atoms with E-state index in [9.17, 15) is 4.79 Å². The molecular weight excluding hydrogens is 234 g/mol. The first kappa shape index (κ1) is 11.9. The monoisotopic (exact) mass is 247 g/mol. The Kier molecular flexibility index (Phi) is 3.75. The fraction of sp³-hybridized carbons (Fsp3) is 0.182. The number of nitrogens with zero attached hydrogens (tertiary/aromatic N) is 2. The third-order valence-corrected chi connectivity index (χ3v) is 2.12. The summed E-state index contributed by atoms with van der Waals surface area (Å²) < 4.78 is 5.41. The number of nitrogens with one attached hydrogen (secondary N) is 2. The van der Waals surface area contributed by atoms with Crippen molar-refractivity contribution in [2.45, 2.75) is 0 Å². The molecule has 1 aromatic carbocycles. The topological polar surface area (TPSA) is 106 Å². The largest absolute Gasteiger partial charge is 0.492 e. The lowest BCUT2D eigenvalue weighted by atomic mass is 10.3. The highest BCUT2D eigenvalue weighted by Gasteiger charge is 2.09. The fourth-order valence-electron chi connectivity index (χ4n) is 1.31. The van der Waals surface area contributed by atoms with Gasteiger partial charge in [-0.25, -0.2) is 0 Å². The van der Waals surface area contributed by atoms with Crippen molar-refractivity contribution in [1.82, 2.24) is 20.5 Å². The van der Waals surface area contributed by atoms with Crippen molar-refractivity contribution in [2.24, 2.45) is 0 Å². The van der Waals surface area contributed by atoms with Gasteiger partial charge in [-0.05, 0) is 12.1 Å². The third kappa shape index (κ3) is 3.21. The molecule has 94 valence electrons. The number of H-pyrrole nitrogens is 1. The Bertz CT molecular complexity index is 511. The highest BCUT2D eigenvalue weighted by molar-refractivity contribution is 5.90. The van der Waals surface area contributed by atoms with Crippen LogP contribution in [0.2, 0.25) is 0 Å². The number of nitrogen functional groups attached to an aromatic ring is 1. The first-order valence-corrected chi connectivity index (χ1v) is 5.39. The van der Waals surface area contributed by atoms with Crippen LogP contribution < -0.4 is 15.8 Å². The van der Waals surface area contributed by atoms with Crippen LogP contribution in [0, 0.1) is 0 Å². The molecule has 0 fully saturated rings. The minimum Gasteiger partial charge on any atom is -0.492 e. The average molecular weight is 247 g/mol. The van der Waals surface area contributed by atoms with Gasteiger partial charge in [-0.2, -0.15) is 4.98 Å². The van der Waals surface area contributed by atoms with E-state index in [1.54, 1.807) is 0 Å². The summed E-state index contributed by atoms with van der Waals surface area (Å²) >= 11 is 0. The van der Waals surface area contributed by atoms with Crippen molar-refractivity contribution < 1.29 is 9.53 Å². The number of rotatable bonds is 5. The molecule has 7 nitrogen and oxygen atoms in total. The summed E-state index contributed by atoms with van der Waals surface area (Å²) in [5.74, 6) is 0.527. The number of ether oxygens (including phenoxy) is 1. The molecule has 0 atom stereocenters. The lowest BCUT2D eigenvalue weighted by Crippen LogP contribution is -2.29. The number of amides is 1. The number of para-hydroxylation sites is 1. The van der Waals surface area contributed by atoms with Crippen LogP contribution in [-0.2, 0) is 0 Å². The van der Waals surface area contributed by atoms with E-state index >= 15 is 0 Å². The number of anilines is 1. The minimum atomic E-state index is -0.365. The van der Waals surface area contributed by atoms with E-state index in [0.717, 1.165) is 5.75 Å². The van der Waals surface area contributed by atoms with Gasteiger partial charge >= 0.3 is 0 Å². The van der Waals surface area contributed by atoms with Crippen molar-refractivity contribution in [3.8, 4) is 5.75 Å². The molecule has 18 heavy (non-hydrogen) atoms. The maximum Gasteiger partial charge on any atom is 0.288 e. The summed E-state index contributed by atoms with van der Waals surface area (Å²) in [4.78, 5) is 15.2. The van der Waals surface area contributed by atoms with Gasteiger partial charge in [-0.1, -0.05) is 18.2 Å². The smallest absolute Gasteiger partial charge is 0.288 e. The molecule has 0 spiro atoms. The fourth-order valence-corrected chi connectivity index (χ4v) is 1.31. The zero-order valence-corrected chi connectivity index (χ0v) is 9.59. The highest BCUT2D eigenvalue weighted by Crippen LogP contribution is 2.07. The number of aromatic amines is 1. The Hall–Kier alpha value is -2.57. The lowest BCUT2D eigenvalue weighted by molar-refractivity contribution is 0.0937. The summed E-state index contributed by atoms with van der Waals surface area (Å²) in [6, 6.07) is 9.36. The zero-order valence-electron chi connectivity index (χ0n) is 9.59. The quantitative estimate of drug-likeness (QED) is 0.654. The first-order chi connectivity index (χ1) is 8.75. The lowest BCUT2D eigenvalue weighted by Gasteiger charge is -2.06. The standard InChI is InChI=1S/C11H13N5O2/c12-11-14-9(15-16-11)10(17)13-6-7-18-8-4-2-1-3-5-8/h1-5H,6-7H2,(H,13,17)(H3,12,14,15,16). The molecule has 7 heteroatoms. The second-order valence-corrected chi connectivity index (χ2v) is 3.46. The minimum absolute atomic E-state index is 0.0423. The van der Waals surface area contributed by atoms with Crippen LogP contribution in [0.1, 0.15) is 10.6 Å². The van der Waals surface area contributed by atoms with E-state index in [1.165, 1.54) is 0 Å². The molecule has 1 aromatic heterocycles. The molecule has 2 aromatic rings. The SMILES string of the molecule is Nc1n[nH]c(C(=O)NCCOc2ccccc2)n1.